The predicted octanol–water partition coefficient (Wildman–Crippen LogP) is 3.76. The lowest BCUT2D eigenvalue weighted by Gasteiger charge is -2.27. The van der Waals surface area contributed by atoms with Crippen molar-refractivity contribution in [3.05, 3.63) is 28.0 Å². The molecule has 1 aromatic rings. The number of hydrogen-bond donors (Lipinski definition) is 2. The van der Waals surface area contributed by atoms with Crippen LogP contribution in [-0.2, 0) is 4.79 Å². The third-order valence-electron chi connectivity index (χ3n) is 3.63. The Kier molecular flexibility index (Phi) is 5.52. The number of carboxylic acids is 1. The Balaban J connectivity index is 2.98. The second-order valence-corrected chi connectivity index (χ2v) is 5.34. The van der Waals surface area contributed by atoms with Crippen molar-refractivity contribution < 1.29 is 14.3 Å². The number of rotatable bonds is 6. The molecule has 0 aliphatic carbocycles. The first kappa shape index (κ1) is 16.4. The van der Waals surface area contributed by atoms with E-state index in [1.54, 1.807) is 13.8 Å². The summed E-state index contributed by atoms with van der Waals surface area (Å²) in [6.45, 7) is 3.72. The van der Waals surface area contributed by atoms with Gasteiger partial charge >= 0.3 is 5.97 Å². The van der Waals surface area contributed by atoms with E-state index < -0.39 is 17.2 Å². The van der Waals surface area contributed by atoms with Crippen LogP contribution in [0, 0.1) is 22.6 Å². The maximum Gasteiger partial charge on any atom is 0.311 e. The number of nitriles is 1. The lowest BCUT2D eigenvalue weighted by atomic mass is 9.82. The van der Waals surface area contributed by atoms with E-state index in [-0.39, 0.29) is 22.3 Å². The Hall–Kier alpha value is -1.61. The number of carboxylic acid groups (broad SMARTS) is 1. The SMILES string of the molecule is CCC(CC)(CNc1ccc(C#N)c(Br)c1F)C(=O)O. The van der Waals surface area contributed by atoms with Crippen LogP contribution in [0.4, 0.5) is 10.1 Å². The third-order valence-corrected chi connectivity index (χ3v) is 4.40. The van der Waals surface area contributed by atoms with E-state index in [2.05, 4.69) is 21.2 Å². The highest BCUT2D eigenvalue weighted by atomic mass is 79.9. The number of halogens is 2. The molecule has 4 nitrogen and oxygen atoms in total. The van der Waals surface area contributed by atoms with Crippen molar-refractivity contribution in [2.45, 2.75) is 26.7 Å². The Morgan fingerprint density at radius 3 is 2.55 bits per heavy atom. The van der Waals surface area contributed by atoms with Gasteiger partial charge in [-0.1, -0.05) is 13.8 Å². The first-order chi connectivity index (χ1) is 9.41. The van der Waals surface area contributed by atoms with Gasteiger partial charge in [0.2, 0.25) is 0 Å². The fraction of sp³-hybridized carbons (Fsp3) is 0.429. The molecule has 1 aromatic carbocycles. The van der Waals surface area contributed by atoms with Crippen molar-refractivity contribution in [3.63, 3.8) is 0 Å². The number of benzene rings is 1. The van der Waals surface area contributed by atoms with Gasteiger partial charge in [0.25, 0.3) is 0 Å². The van der Waals surface area contributed by atoms with Crippen LogP contribution in [0.1, 0.15) is 32.3 Å². The molecule has 2 N–H and O–H groups in total. The smallest absolute Gasteiger partial charge is 0.311 e. The highest BCUT2D eigenvalue weighted by molar-refractivity contribution is 9.10. The molecule has 0 saturated carbocycles. The Labute approximate surface area is 125 Å². The minimum atomic E-state index is -0.924. The molecule has 0 aromatic heterocycles. The fourth-order valence-corrected chi connectivity index (χ4v) is 2.35. The molecule has 0 atom stereocenters. The number of nitrogens with zero attached hydrogens (tertiary/aromatic N) is 1. The van der Waals surface area contributed by atoms with Gasteiger partial charge in [0, 0.05) is 6.54 Å². The molecule has 0 bridgehead atoms. The van der Waals surface area contributed by atoms with E-state index in [9.17, 15) is 14.3 Å². The van der Waals surface area contributed by atoms with E-state index >= 15 is 0 Å². The number of hydrogen-bond acceptors (Lipinski definition) is 3. The van der Waals surface area contributed by atoms with E-state index in [0.717, 1.165) is 0 Å². The third kappa shape index (κ3) is 3.10. The maximum atomic E-state index is 14.0. The molecule has 0 radical (unpaired) electrons. The topological polar surface area (TPSA) is 73.1 Å². The van der Waals surface area contributed by atoms with Gasteiger partial charge in [0.05, 0.1) is 21.1 Å². The van der Waals surface area contributed by atoms with Crippen molar-refractivity contribution in [2.24, 2.45) is 5.41 Å². The second kappa shape index (κ2) is 6.71. The van der Waals surface area contributed by atoms with Crippen LogP contribution in [0.25, 0.3) is 0 Å². The standard InChI is InChI=1S/C14H16BrFN2O2/c1-3-14(4-2,13(19)20)8-18-10-6-5-9(7-17)11(15)12(10)16/h5-6,18H,3-4,8H2,1-2H3,(H,19,20). The maximum absolute atomic E-state index is 14.0. The van der Waals surface area contributed by atoms with Crippen molar-refractivity contribution in [1.82, 2.24) is 0 Å². The highest BCUT2D eigenvalue weighted by Crippen LogP contribution is 2.30. The Morgan fingerprint density at radius 2 is 2.10 bits per heavy atom. The summed E-state index contributed by atoms with van der Waals surface area (Å²) in [5, 5.41) is 21.0. The van der Waals surface area contributed by atoms with Crippen LogP contribution in [0.3, 0.4) is 0 Å². The minimum absolute atomic E-state index is 0.0823. The van der Waals surface area contributed by atoms with Crippen molar-refractivity contribution >= 4 is 27.6 Å². The zero-order chi connectivity index (χ0) is 15.3. The van der Waals surface area contributed by atoms with E-state index in [4.69, 9.17) is 5.26 Å². The Morgan fingerprint density at radius 1 is 1.50 bits per heavy atom. The molecule has 0 aliphatic heterocycles. The van der Waals surface area contributed by atoms with Gasteiger partial charge in [-0.2, -0.15) is 5.26 Å². The lowest BCUT2D eigenvalue weighted by Crippen LogP contribution is -2.37. The summed E-state index contributed by atoms with van der Waals surface area (Å²) in [4.78, 5) is 11.4. The zero-order valence-corrected chi connectivity index (χ0v) is 12.9. The zero-order valence-electron chi connectivity index (χ0n) is 11.3. The minimum Gasteiger partial charge on any atom is -0.481 e. The first-order valence-electron chi connectivity index (χ1n) is 6.27. The van der Waals surface area contributed by atoms with Crippen LogP contribution >= 0.6 is 15.9 Å². The van der Waals surface area contributed by atoms with Crippen LogP contribution in [0.2, 0.25) is 0 Å². The first-order valence-corrected chi connectivity index (χ1v) is 7.06. The largest absolute Gasteiger partial charge is 0.481 e. The molecular weight excluding hydrogens is 327 g/mol. The summed E-state index contributed by atoms with van der Waals surface area (Å²) < 4.78 is 14.1. The van der Waals surface area contributed by atoms with Crippen molar-refractivity contribution in [2.75, 3.05) is 11.9 Å². The molecule has 108 valence electrons. The average Bonchev–Trinajstić information content (AvgIpc) is 2.44. The number of anilines is 1. The van der Waals surface area contributed by atoms with Crippen LogP contribution in [-0.4, -0.2) is 17.6 Å². The Bertz CT molecular complexity index is 551. The number of nitrogens with one attached hydrogen (secondary N) is 1. The van der Waals surface area contributed by atoms with Gasteiger partial charge in [0.15, 0.2) is 5.82 Å². The normalized spacial score (nSPS) is 10.9. The molecule has 1 rings (SSSR count). The highest BCUT2D eigenvalue weighted by Gasteiger charge is 2.34. The molecule has 6 heteroatoms. The summed E-state index contributed by atoms with van der Waals surface area (Å²) in [5.41, 5.74) is -0.542. The molecule has 20 heavy (non-hydrogen) atoms. The van der Waals surface area contributed by atoms with Gasteiger partial charge in [-0.15, -0.1) is 0 Å². The van der Waals surface area contributed by atoms with Gasteiger partial charge in [-0.3, -0.25) is 4.79 Å². The fourth-order valence-electron chi connectivity index (χ4n) is 1.91. The quantitative estimate of drug-likeness (QED) is 0.825. The van der Waals surface area contributed by atoms with Crippen molar-refractivity contribution in [1.29, 1.82) is 5.26 Å². The second-order valence-electron chi connectivity index (χ2n) is 4.55. The number of carbonyl (C=O) groups is 1. The van der Waals surface area contributed by atoms with Gasteiger partial charge in [0.1, 0.15) is 6.07 Å². The van der Waals surface area contributed by atoms with Crippen LogP contribution < -0.4 is 5.32 Å². The summed E-state index contributed by atoms with van der Waals surface area (Å²) in [5.74, 6) is -1.49. The van der Waals surface area contributed by atoms with Crippen LogP contribution in [0.15, 0.2) is 16.6 Å². The molecule has 0 unspecified atom stereocenters. The van der Waals surface area contributed by atoms with Crippen LogP contribution in [0.5, 0.6) is 0 Å². The summed E-state index contributed by atoms with van der Waals surface area (Å²) in [7, 11) is 0. The summed E-state index contributed by atoms with van der Waals surface area (Å²) >= 11 is 3.02. The predicted molar refractivity (Wildman–Crippen MR) is 78.0 cm³/mol. The lowest BCUT2D eigenvalue weighted by molar-refractivity contribution is -0.148. The molecule has 0 saturated heterocycles. The van der Waals surface area contributed by atoms with Gasteiger partial charge in [-0.05, 0) is 40.9 Å². The molecule has 0 heterocycles. The molecule has 0 amide bonds. The molecular formula is C14H16BrFN2O2. The van der Waals surface area contributed by atoms with E-state index in [0.29, 0.717) is 12.8 Å². The summed E-state index contributed by atoms with van der Waals surface area (Å²) in [6.07, 6.45) is 0.899. The average molecular weight is 343 g/mol. The molecule has 0 fully saturated rings. The summed E-state index contributed by atoms with van der Waals surface area (Å²) in [6, 6.07) is 4.79. The monoisotopic (exact) mass is 342 g/mol. The molecule has 0 aliphatic rings. The van der Waals surface area contributed by atoms with Crippen molar-refractivity contribution in [3.8, 4) is 6.07 Å². The van der Waals surface area contributed by atoms with Gasteiger partial charge in [-0.25, -0.2) is 4.39 Å². The number of aliphatic carboxylic acids is 1. The van der Waals surface area contributed by atoms with E-state index in [1.165, 1.54) is 12.1 Å². The van der Waals surface area contributed by atoms with E-state index in [1.807, 2.05) is 6.07 Å². The molecule has 0 spiro atoms. The van der Waals surface area contributed by atoms with Gasteiger partial charge < -0.3 is 10.4 Å².